The van der Waals surface area contributed by atoms with Gasteiger partial charge in [-0.25, -0.2) is 12.7 Å². The normalized spacial score (nSPS) is 16.7. The first-order chi connectivity index (χ1) is 12.7. The molecule has 1 amide bonds. The van der Waals surface area contributed by atoms with E-state index in [4.69, 9.17) is 0 Å². The second-order valence-corrected chi connectivity index (χ2v) is 9.12. The van der Waals surface area contributed by atoms with Gasteiger partial charge in [0, 0.05) is 6.54 Å². The van der Waals surface area contributed by atoms with Crippen LogP contribution >= 0.6 is 0 Å². The van der Waals surface area contributed by atoms with Crippen LogP contribution in [0.5, 0.6) is 0 Å². The zero-order valence-electron chi connectivity index (χ0n) is 15.7. The average molecular weight is 383 g/mol. The maximum absolute atomic E-state index is 13.2. The molecular formula is C21H23N2O3S. The summed E-state index contributed by atoms with van der Waals surface area (Å²) in [7, 11) is -3.94. The van der Waals surface area contributed by atoms with Crippen LogP contribution in [0.3, 0.4) is 0 Å². The fraction of sp³-hybridized carbons (Fsp3) is 0.286. The monoisotopic (exact) mass is 383 g/mol. The highest BCUT2D eigenvalue weighted by atomic mass is 32.2. The lowest BCUT2D eigenvalue weighted by Crippen LogP contribution is -2.46. The van der Waals surface area contributed by atoms with Crippen molar-refractivity contribution in [1.29, 1.82) is 0 Å². The molecule has 5 nitrogen and oxygen atoms in total. The molecule has 2 aromatic carbocycles. The minimum atomic E-state index is -3.94. The van der Waals surface area contributed by atoms with Crippen molar-refractivity contribution in [3.63, 3.8) is 0 Å². The number of carbonyl (C=O) groups excluding carboxylic acids is 1. The molecule has 6 heteroatoms. The van der Waals surface area contributed by atoms with E-state index in [2.05, 4.69) is 11.4 Å². The summed E-state index contributed by atoms with van der Waals surface area (Å²) in [6, 6.07) is 19.3. The van der Waals surface area contributed by atoms with Gasteiger partial charge < -0.3 is 5.32 Å². The lowest BCUT2D eigenvalue weighted by molar-refractivity contribution is -0.125. The van der Waals surface area contributed by atoms with E-state index in [1.165, 1.54) is 0 Å². The van der Waals surface area contributed by atoms with Crippen molar-refractivity contribution < 1.29 is 13.2 Å². The predicted molar refractivity (Wildman–Crippen MR) is 106 cm³/mol. The van der Waals surface area contributed by atoms with Crippen LogP contribution in [-0.2, 0) is 21.2 Å². The average Bonchev–Trinajstić information content (AvgIpc) is 2.81. The quantitative estimate of drug-likeness (QED) is 0.862. The summed E-state index contributed by atoms with van der Waals surface area (Å²) in [4.78, 5) is 13.1. The van der Waals surface area contributed by atoms with E-state index in [1.807, 2.05) is 30.3 Å². The second kappa shape index (κ2) is 7.19. The number of sulfonamides is 1. The van der Waals surface area contributed by atoms with Crippen LogP contribution in [0.15, 0.2) is 60.3 Å². The van der Waals surface area contributed by atoms with E-state index in [0.717, 1.165) is 9.87 Å². The van der Waals surface area contributed by atoms with Crippen molar-refractivity contribution in [1.82, 2.24) is 9.62 Å². The van der Waals surface area contributed by atoms with Crippen molar-refractivity contribution in [2.45, 2.75) is 32.7 Å². The predicted octanol–water partition coefficient (Wildman–Crippen LogP) is 2.96. The number of hydrogen-bond donors (Lipinski definition) is 1. The van der Waals surface area contributed by atoms with Crippen LogP contribution < -0.4 is 5.32 Å². The molecule has 27 heavy (non-hydrogen) atoms. The van der Waals surface area contributed by atoms with Crippen LogP contribution in [0.25, 0.3) is 4.91 Å². The molecule has 0 saturated heterocycles. The van der Waals surface area contributed by atoms with E-state index < -0.39 is 21.5 Å². The van der Waals surface area contributed by atoms with Gasteiger partial charge in [-0.1, -0.05) is 54.6 Å². The maximum atomic E-state index is 13.2. The number of carbonyl (C=O) groups is 1. The molecule has 1 heterocycles. The molecule has 0 bridgehead atoms. The summed E-state index contributed by atoms with van der Waals surface area (Å²) in [5, 5.41) is 3.09. The standard InChI is InChI=1S/C21H23N2O3S/c1-21(2,3)23-20(24)18(22-15-14-16-10-6-4-7-11-16)19(27(23,25)26)17-12-8-5-9-13-17/h5-13,22H,14-15H2,1-3H3. The number of nitrogens with zero attached hydrogens (tertiary/aromatic N) is 1. The Morgan fingerprint density at radius 3 is 2.26 bits per heavy atom. The van der Waals surface area contributed by atoms with Crippen molar-refractivity contribution in [2.75, 3.05) is 6.54 Å². The Balaban J connectivity index is 1.98. The Bertz CT molecular complexity index is 959. The number of nitrogens with one attached hydrogen (secondary N) is 1. The Hall–Kier alpha value is -2.60. The Labute approximate surface area is 160 Å². The number of benzene rings is 2. The van der Waals surface area contributed by atoms with E-state index in [9.17, 15) is 13.2 Å². The summed E-state index contributed by atoms with van der Waals surface area (Å²) >= 11 is 0. The first-order valence-corrected chi connectivity index (χ1v) is 10.3. The number of amides is 1. The highest BCUT2D eigenvalue weighted by Gasteiger charge is 2.49. The molecule has 0 atom stereocenters. The van der Waals surface area contributed by atoms with Crippen molar-refractivity contribution >= 4 is 20.8 Å². The van der Waals surface area contributed by atoms with Gasteiger partial charge in [0.05, 0.1) is 5.54 Å². The summed E-state index contributed by atoms with van der Waals surface area (Å²) in [5.74, 6) is -0.511. The van der Waals surface area contributed by atoms with Crippen LogP contribution in [0, 0.1) is 6.07 Å². The first kappa shape index (κ1) is 19.2. The van der Waals surface area contributed by atoms with Gasteiger partial charge in [-0.15, -0.1) is 0 Å². The van der Waals surface area contributed by atoms with Crippen molar-refractivity contribution in [3.8, 4) is 0 Å². The van der Waals surface area contributed by atoms with E-state index in [0.29, 0.717) is 18.5 Å². The zero-order valence-corrected chi connectivity index (χ0v) is 16.5. The Morgan fingerprint density at radius 1 is 1.04 bits per heavy atom. The molecule has 3 rings (SSSR count). The van der Waals surface area contributed by atoms with Gasteiger partial charge in [-0.2, -0.15) is 0 Å². The minimum absolute atomic E-state index is 0.0458. The molecule has 1 N–H and O–H groups in total. The van der Waals surface area contributed by atoms with Gasteiger partial charge in [0.1, 0.15) is 10.6 Å². The smallest absolute Gasteiger partial charge is 0.285 e. The van der Waals surface area contributed by atoms with Gasteiger partial charge in [-0.3, -0.25) is 4.79 Å². The summed E-state index contributed by atoms with van der Waals surface area (Å²) < 4.78 is 27.4. The lowest BCUT2D eigenvalue weighted by Gasteiger charge is -2.30. The van der Waals surface area contributed by atoms with Crippen LogP contribution in [0.4, 0.5) is 0 Å². The van der Waals surface area contributed by atoms with Crippen LogP contribution in [0.1, 0.15) is 31.9 Å². The van der Waals surface area contributed by atoms with E-state index in [1.54, 1.807) is 45.0 Å². The number of rotatable bonds is 5. The summed E-state index contributed by atoms with van der Waals surface area (Å²) in [6.45, 7) is 5.60. The highest BCUT2D eigenvalue weighted by molar-refractivity contribution is 7.99. The molecule has 0 saturated carbocycles. The molecular weight excluding hydrogens is 360 g/mol. The zero-order chi connectivity index (χ0) is 19.7. The fourth-order valence-electron chi connectivity index (χ4n) is 3.15. The fourth-order valence-corrected chi connectivity index (χ4v) is 5.22. The molecule has 0 unspecified atom stereocenters. The SMILES string of the molecule is CC(C)(C)N1C(=O)C(NCCc2cc[c]cc2)=C(c2ccccc2)S1(=O)=O. The molecule has 1 radical (unpaired) electrons. The molecule has 1 aliphatic rings. The molecule has 0 spiro atoms. The maximum Gasteiger partial charge on any atom is 0.285 e. The molecule has 0 aromatic heterocycles. The van der Waals surface area contributed by atoms with Gasteiger partial charge in [0.25, 0.3) is 15.9 Å². The van der Waals surface area contributed by atoms with Crippen molar-refractivity contribution in [2.24, 2.45) is 0 Å². The highest BCUT2D eigenvalue weighted by Crippen LogP contribution is 2.38. The van der Waals surface area contributed by atoms with Gasteiger partial charge in [0.15, 0.2) is 0 Å². The van der Waals surface area contributed by atoms with Gasteiger partial charge in [-0.05, 0) is 44.4 Å². The van der Waals surface area contributed by atoms with Crippen LogP contribution in [0.2, 0.25) is 0 Å². The van der Waals surface area contributed by atoms with Gasteiger partial charge in [0.2, 0.25) is 0 Å². The third-order valence-corrected chi connectivity index (χ3v) is 6.42. The molecule has 0 fully saturated rings. The minimum Gasteiger partial charge on any atom is -0.379 e. The second-order valence-electron chi connectivity index (χ2n) is 7.40. The molecule has 2 aromatic rings. The van der Waals surface area contributed by atoms with Crippen LogP contribution in [-0.4, -0.2) is 30.7 Å². The molecule has 0 aliphatic carbocycles. The molecule has 141 valence electrons. The Kier molecular flexibility index (Phi) is 5.11. The van der Waals surface area contributed by atoms with E-state index >= 15 is 0 Å². The summed E-state index contributed by atoms with van der Waals surface area (Å²) in [6.07, 6.45) is 0.670. The number of hydrogen-bond acceptors (Lipinski definition) is 4. The third-order valence-electron chi connectivity index (χ3n) is 4.27. The lowest BCUT2D eigenvalue weighted by atomic mass is 10.1. The Morgan fingerprint density at radius 2 is 1.67 bits per heavy atom. The third kappa shape index (κ3) is 3.76. The van der Waals surface area contributed by atoms with Gasteiger partial charge >= 0.3 is 0 Å². The van der Waals surface area contributed by atoms with E-state index in [-0.39, 0.29) is 10.6 Å². The molecule has 1 aliphatic heterocycles. The topological polar surface area (TPSA) is 66.5 Å². The summed E-state index contributed by atoms with van der Waals surface area (Å²) in [5.41, 5.74) is 0.881. The largest absolute Gasteiger partial charge is 0.379 e. The first-order valence-electron chi connectivity index (χ1n) is 8.81. The van der Waals surface area contributed by atoms with Crippen molar-refractivity contribution in [3.05, 3.63) is 77.5 Å².